The van der Waals surface area contributed by atoms with Crippen LogP contribution in [0.4, 0.5) is 10.1 Å². The highest BCUT2D eigenvalue weighted by Crippen LogP contribution is 2.27. The van der Waals surface area contributed by atoms with E-state index in [1.165, 1.54) is 13.2 Å². The van der Waals surface area contributed by atoms with Crippen molar-refractivity contribution >= 4 is 21.6 Å². The van der Waals surface area contributed by atoms with Crippen molar-refractivity contribution < 1.29 is 9.13 Å². The molecule has 0 heterocycles. The molecule has 2 aromatic carbocycles. The Morgan fingerprint density at radius 3 is 2.65 bits per heavy atom. The number of anilines is 1. The molecule has 0 bridgehead atoms. The van der Waals surface area contributed by atoms with E-state index in [1.807, 2.05) is 18.2 Å². The standard InChI is InChI=1S/C16H17BrFNO/c1-3-15(11-5-4-6-12(17)9-11)19-13-7-8-16(20-2)14(18)10-13/h4-10,15,19H,3H2,1-2H3. The van der Waals surface area contributed by atoms with Gasteiger partial charge in [0.1, 0.15) is 0 Å². The van der Waals surface area contributed by atoms with Gasteiger partial charge in [0.05, 0.1) is 13.2 Å². The molecule has 2 rings (SSSR count). The van der Waals surface area contributed by atoms with Gasteiger partial charge in [0.25, 0.3) is 0 Å². The van der Waals surface area contributed by atoms with E-state index in [4.69, 9.17) is 4.74 Å². The first-order valence-corrected chi connectivity index (χ1v) is 7.29. The van der Waals surface area contributed by atoms with Crippen molar-refractivity contribution in [3.8, 4) is 5.75 Å². The van der Waals surface area contributed by atoms with Crippen molar-refractivity contribution in [3.05, 3.63) is 58.3 Å². The number of nitrogens with one attached hydrogen (secondary N) is 1. The maximum Gasteiger partial charge on any atom is 0.167 e. The average molecular weight is 338 g/mol. The van der Waals surface area contributed by atoms with E-state index >= 15 is 0 Å². The van der Waals surface area contributed by atoms with Crippen molar-refractivity contribution in [2.45, 2.75) is 19.4 Å². The van der Waals surface area contributed by atoms with E-state index in [0.717, 1.165) is 22.1 Å². The molecule has 1 atom stereocenters. The van der Waals surface area contributed by atoms with E-state index in [1.54, 1.807) is 6.07 Å². The summed E-state index contributed by atoms with van der Waals surface area (Å²) in [5, 5.41) is 3.35. The molecule has 0 aliphatic rings. The van der Waals surface area contributed by atoms with Crippen molar-refractivity contribution in [2.24, 2.45) is 0 Å². The molecule has 0 saturated carbocycles. The minimum absolute atomic E-state index is 0.139. The minimum atomic E-state index is -0.360. The van der Waals surface area contributed by atoms with Gasteiger partial charge in [0.2, 0.25) is 0 Å². The predicted octanol–water partition coefficient (Wildman–Crippen LogP) is 5.16. The summed E-state index contributed by atoms with van der Waals surface area (Å²) < 4.78 is 19.7. The number of hydrogen-bond donors (Lipinski definition) is 1. The highest BCUT2D eigenvalue weighted by Gasteiger charge is 2.11. The molecule has 1 unspecified atom stereocenters. The summed E-state index contributed by atoms with van der Waals surface area (Å²) in [6.07, 6.45) is 0.907. The lowest BCUT2D eigenvalue weighted by atomic mass is 10.0. The zero-order valence-corrected chi connectivity index (χ0v) is 13.1. The van der Waals surface area contributed by atoms with Gasteiger partial charge in [-0.25, -0.2) is 4.39 Å². The van der Waals surface area contributed by atoms with Crippen LogP contribution in [0.2, 0.25) is 0 Å². The smallest absolute Gasteiger partial charge is 0.167 e. The first-order valence-electron chi connectivity index (χ1n) is 6.49. The Morgan fingerprint density at radius 1 is 1.25 bits per heavy atom. The molecule has 0 saturated heterocycles. The fourth-order valence-corrected chi connectivity index (χ4v) is 2.52. The third kappa shape index (κ3) is 3.51. The highest BCUT2D eigenvalue weighted by molar-refractivity contribution is 9.10. The molecule has 0 amide bonds. The molecule has 0 spiro atoms. The summed E-state index contributed by atoms with van der Waals surface area (Å²) in [5.74, 6) is -0.104. The van der Waals surface area contributed by atoms with Gasteiger partial charge in [-0.1, -0.05) is 35.0 Å². The first-order chi connectivity index (χ1) is 9.63. The van der Waals surface area contributed by atoms with Crippen molar-refractivity contribution in [3.63, 3.8) is 0 Å². The Morgan fingerprint density at radius 2 is 2.05 bits per heavy atom. The lowest BCUT2D eigenvalue weighted by Gasteiger charge is -2.19. The summed E-state index contributed by atoms with van der Waals surface area (Å²) in [5.41, 5.74) is 1.91. The van der Waals surface area contributed by atoms with Gasteiger partial charge in [0.15, 0.2) is 11.6 Å². The fraction of sp³-hybridized carbons (Fsp3) is 0.250. The molecular formula is C16H17BrFNO. The second-order valence-electron chi connectivity index (χ2n) is 4.51. The van der Waals surface area contributed by atoms with E-state index < -0.39 is 0 Å². The molecule has 106 valence electrons. The van der Waals surface area contributed by atoms with Gasteiger partial charge < -0.3 is 10.1 Å². The van der Waals surface area contributed by atoms with Crippen LogP contribution in [0, 0.1) is 5.82 Å². The quantitative estimate of drug-likeness (QED) is 0.813. The summed E-state index contributed by atoms with van der Waals surface area (Å²) in [6.45, 7) is 2.10. The zero-order chi connectivity index (χ0) is 14.5. The molecule has 0 aliphatic heterocycles. The Balaban J connectivity index is 2.20. The molecule has 2 aromatic rings. The van der Waals surface area contributed by atoms with Crippen LogP contribution in [-0.4, -0.2) is 7.11 Å². The van der Waals surface area contributed by atoms with Gasteiger partial charge in [-0.3, -0.25) is 0 Å². The SMILES string of the molecule is CCC(Nc1ccc(OC)c(F)c1)c1cccc(Br)c1. The van der Waals surface area contributed by atoms with Crippen molar-refractivity contribution in [1.82, 2.24) is 0 Å². The lowest BCUT2D eigenvalue weighted by molar-refractivity contribution is 0.386. The van der Waals surface area contributed by atoms with Crippen LogP contribution >= 0.6 is 15.9 Å². The Hall–Kier alpha value is -1.55. The Labute approximate surface area is 127 Å². The van der Waals surface area contributed by atoms with Crippen LogP contribution in [0.15, 0.2) is 46.9 Å². The van der Waals surface area contributed by atoms with Gasteiger partial charge >= 0.3 is 0 Å². The van der Waals surface area contributed by atoms with Crippen LogP contribution in [-0.2, 0) is 0 Å². The van der Waals surface area contributed by atoms with E-state index in [2.05, 4.69) is 40.3 Å². The average Bonchev–Trinajstić information content (AvgIpc) is 2.45. The highest BCUT2D eigenvalue weighted by atomic mass is 79.9. The number of rotatable bonds is 5. The number of halogens is 2. The van der Waals surface area contributed by atoms with E-state index in [-0.39, 0.29) is 17.6 Å². The summed E-state index contributed by atoms with van der Waals surface area (Å²) in [7, 11) is 1.46. The molecule has 0 aromatic heterocycles. The monoisotopic (exact) mass is 337 g/mol. The second-order valence-corrected chi connectivity index (χ2v) is 5.43. The number of methoxy groups -OCH3 is 1. The topological polar surface area (TPSA) is 21.3 Å². The first kappa shape index (κ1) is 14.9. The molecule has 1 N–H and O–H groups in total. The minimum Gasteiger partial charge on any atom is -0.494 e. The van der Waals surface area contributed by atoms with E-state index in [9.17, 15) is 4.39 Å². The van der Waals surface area contributed by atoms with Crippen molar-refractivity contribution in [1.29, 1.82) is 0 Å². The van der Waals surface area contributed by atoms with Gasteiger partial charge in [-0.15, -0.1) is 0 Å². The van der Waals surface area contributed by atoms with Gasteiger partial charge in [-0.2, -0.15) is 0 Å². The zero-order valence-electron chi connectivity index (χ0n) is 11.5. The van der Waals surface area contributed by atoms with Crippen LogP contribution in [0.3, 0.4) is 0 Å². The maximum absolute atomic E-state index is 13.7. The molecule has 0 aliphatic carbocycles. The molecule has 0 radical (unpaired) electrons. The van der Waals surface area contributed by atoms with Gasteiger partial charge in [-0.05, 0) is 36.2 Å². The third-order valence-corrected chi connectivity index (χ3v) is 3.65. The number of hydrogen-bond acceptors (Lipinski definition) is 2. The summed E-state index contributed by atoms with van der Waals surface area (Å²) in [4.78, 5) is 0. The van der Waals surface area contributed by atoms with Crippen LogP contribution < -0.4 is 10.1 Å². The molecule has 20 heavy (non-hydrogen) atoms. The Bertz CT molecular complexity index is 588. The lowest BCUT2D eigenvalue weighted by Crippen LogP contribution is -2.09. The molecule has 4 heteroatoms. The Kier molecular flexibility index (Phi) is 5.01. The predicted molar refractivity (Wildman–Crippen MR) is 83.7 cm³/mol. The summed E-state index contributed by atoms with van der Waals surface area (Å²) in [6, 6.07) is 13.2. The largest absolute Gasteiger partial charge is 0.494 e. The number of benzene rings is 2. The van der Waals surface area contributed by atoms with Crippen LogP contribution in [0.5, 0.6) is 5.75 Å². The third-order valence-electron chi connectivity index (χ3n) is 3.15. The molecule has 0 fully saturated rings. The number of ether oxygens (including phenoxy) is 1. The second kappa shape index (κ2) is 6.75. The van der Waals surface area contributed by atoms with Crippen LogP contribution in [0.25, 0.3) is 0 Å². The maximum atomic E-state index is 13.7. The van der Waals surface area contributed by atoms with E-state index in [0.29, 0.717) is 0 Å². The summed E-state index contributed by atoms with van der Waals surface area (Å²) >= 11 is 3.47. The molecule has 2 nitrogen and oxygen atoms in total. The van der Waals surface area contributed by atoms with Crippen molar-refractivity contribution in [2.75, 3.05) is 12.4 Å². The van der Waals surface area contributed by atoms with Gasteiger partial charge in [0, 0.05) is 16.2 Å². The normalized spacial score (nSPS) is 12.0. The molecular weight excluding hydrogens is 321 g/mol. The van der Waals surface area contributed by atoms with Crippen LogP contribution in [0.1, 0.15) is 24.9 Å². The fourth-order valence-electron chi connectivity index (χ4n) is 2.10.